The van der Waals surface area contributed by atoms with E-state index in [1.807, 2.05) is 6.08 Å². The maximum absolute atomic E-state index is 10.8. The number of carbonyl (C=O) groups excluding carboxylic acids is 1. The highest BCUT2D eigenvalue weighted by Gasteiger charge is 2.13. The van der Waals surface area contributed by atoms with Crippen LogP contribution in [0.5, 0.6) is 0 Å². The minimum Gasteiger partial charge on any atom is -0.481 e. The summed E-state index contributed by atoms with van der Waals surface area (Å²) in [5.74, 6) is -1.69. The van der Waals surface area contributed by atoms with Gasteiger partial charge in [-0.3, -0.25) is 9.59 Å². The van der Waals surface area contributed by atoms with E-state index in [9.17, 15) is 9.59 Å². The average Bonchev–Trinajstić information content (AvgIpc) is 2.43. The van der Waals surface area contributed by atoms with Crippen molar-refractivity contribution in [1.29, 1.82) is 0 Å². The Bertz CT molecular complexity index is 274. The molecule has 0 amide bonds. The standard InChI is InChI=1S/C16H28O4/c1-2-3-4-5-6-7-8-9-10-11-12-15(16(18)19)13-20-14-17/h11-12,14-15H,2-10,13H2,1H3,(H,18,19). The first-order valence-corrected chi connectivity index (χ1v) is 7.67. The van der Waals surface area contributed by atoms with Gasteiger partial charge in [-0.05, 0) is 12.8 Å². The van der Waals surface area contributed by atoms with Crippen LogP contribution in [0.4, 0.5) is 0 Å². The van der Waals surface area contributed by atoms with Gasteiger partial charge >= 0.3 is 5.97 Å². The molecule has 0 spiro atoms. The second kappa shape index (κ2) is 14.1. The van der Waals surface area contributed by atoms with Crippen LogP contribution in [0.1, 0.15) is 64.7 Å². The molecule has 0 rings (SSSR count). The fourth-order valence-corrected chi connectivity index (χ4v) is 2.01. The molecule has 1 unspecified atom stereocenters. The number of carbonyl (C=O) groups is 2. The summed E-state index contributed by atoms with van der Waals surface area (Å²) in [6, 6.07) is 0. The molecule has 0 aromatic heterocycles. The number of allylic oxidation sites excluding steroid dienone is 1. The van der Waals surface area contributed by atoms with E-state index in [-0.39, 0.29) is 13.1 Å². The van der Waals surface area contributed by atoms with Gasteiger partial charge in [-0.1, -0.05) is 64.0 Å². The molecule has 0 heterocycles. The molecule has 4 heteroatoms. The largest absolute Gasteiger partial charge is 0.481 e. The molecule has 0 aromatic rings. The molecule has 0 fully saturated rings. The monoisotopic (exact) mass is 284 g/mol. The number of aliphatic carboxylic acids is 1. The molecule has 116 valence electrons. The van der Waals surface area contributed by atoms with Crippen molar-refractivity contribution >= 4 is 12.4 Å². The predicted octanol–water partition coefficient (Wildman–Crippen LogP) is 3.95. The van der Waals surface area contributed by atoms with Crippen LogP contribution in [0.15, 0.2) is 12.2 Å². The molecule has 0 saturated carbocycles. The van der Waals surface area contributed by atoms with Crippen molar-refractivity contribution in [3.05, 3.63) is 12.2 Å². The smallest absolute Gasteiger partial charge is 0.313 e. The van der Waals surface area contributed by atoms with E-state index in [2.05, 4.69) is 11.7 Å². The van der Waals surface area contributed by atoms with Crippen LogP contribution in [0.2, 0.25) is 0 Å². The van der Waals surface area contributed by atoms with E-state index in [1.54, 1.807) is 6.08 Å². The summed E-state index contributed by atoms with van der Waals surface area (Å²) in [7, 11) is 0. The van der Waals surface area contributed by atoms with Gasteiger partial charge in [0.05, 0.1) is 0 Å². The first-order chi connectivity index (χ1) is 9.72. The van der Waals surface area contributed by atoms with Crippen LogP contribution in [-0.4, -0.2) is 24.2 Å². The Kier molecular flexibility index (Phi) is 13.2. The number of rotatable bonds is 14. The predicted molar refractivity (Wildman–Crippen MR) is 79.5 cm³/mol. The van der Waals surface area contributed by atoms with Crippen LogP contribution in [-0.2, 0) is 14.3 Å². The van der Waals surface area contributed by atoms with Crippen LogP contribution in [0, 0.1) is 5.92 Å². The number of carboxylic acid groups (broad SMARTS) is 1. The number of carboxylic acids is 1. The van der Waals surface area contributed by atoms with Gasteiger partial charge in [0.1, 0.15) is 12.5 Å². The Labute approximate surface area is 122 Å². The zero-order valence-corrected chi connectivity index (χ0v) is 12.6. The Morgan fingerprint density at radius 2 is 1.70 bits per heavy atom. The van der Waals surface area contributed by atoms with Crippen molar-refractivity contribution in [3.63, 3.8) is 0 Å². The number of ether oxygens (including phenoxy) is 1. The molecule has 0 bridgehead atoms. The highest BCUT2D eigenvalue weighted by atomic mass is 16.5. The first kappa shape index (κ1) is 18.7. The molecule has 1 N–H and O–H groups in total. The van der Waals surface area contributed by atoms with Gasteiger partial charge in [-0.25, -0.2) is 0 Å². The van der Waals surface area contributed by atoms with Crippen molar-refractivity contribution in [1.82, 2.24) is 0 Å². The third-order valence-electron chi connectivity index (χ3n) is 3.25. The average molecular weight is 284 g/mol. The molecule has 0 aliphatic rings. The maximum Gasteiger partial charge on any atom is 0.313 e. The normalized spacial score (nSPS) is 12.4. The molecule has 0 aromatic carbocycles. The third-order valence-corrected chi connectivity index (χ3v) is 3.25. The summed E-state index contributed by atoms with van der Waals surface area (Å²) in [4.78, 5) is 20.9. The summed E-state index contributed by atoms with van der Waals surface area (Å²) in [5, 5.41) is 8.90. The summed E-state index contributed by atoms with van der Waals surface area (Å²) >= 11 is 0. The SMILES string of the molecule is CCCCCCCCCCC=CC(COC=O)C(=O)O. The lowest BCUT2D eigenvalue weighted by molar-refractivity contribution is -0.143. The molecular formula is C16H28O4. The summed E-state index contributed by atoms with van der Waals surface area (Å²) < 4.78 is 4.49. The molecule has 1 atom stereocenters. The van der Waals surface area contributed by atoms with E-state index in [4.69, 9.17) is 5.11 Å². The topological polar surface area (TPSA) is 63.6 Å². The molecule has 0 aliphatic heterocycles. The molecular weight excluding hydrogens is 256 g/mol. The summed E-state index contributed by atoms with van der Waals surface area (Å²) in [5.41, 5.74) is 0. The van der Waals surface area contributed by atoms with E-state index >= 15 is 0 Å². The minimum absolute atomic E-state index is 0.0905. The number of hydrogen-bond acceptors (Lipinski definition) is 3. The van der Waals surface area contributed by atoms with Gasteiger partial charge in [0.25, 0.3) is 6.47 Å². The zero-order chi connectivity index (χ0) is 15.1. The number of unbranched alkanes of at least 4 members (excludes halogenated alkanes) is 8. The van der Waals surface area contributed by atoms with Crippen molar-refractivity contribution in [2.24, 2.45) is 5.92 Å². The molecule has 0 saturated heterocycles. The lowest BCUT2D eigenvalue weighted by Gasteiger charge is -2.05. The first-order valence-electron chi connectivity index (χ1n) is 7.67. The Balaban J connectivity index is 3.53. The highest BCUT2D eigenvalue weighted by molar-refractivity contribution is 5.72. The van der Waals surface area contributed by atoms with E-state index in [0.29, 0.717) is 0 Å². The molecule has 4 nitrogen and oxygen atoms in total. The van der Waals surface area contributed by atoms with Gasteiger partial charge in [0.15, 0.2) is 0 Å². The van der Waals surface area contributed by atoms with Gasteiger partial charge in [0, 0.05) is 0 Å². The fourth-order valence-electron chi connectivity index (χ4n) is 2.01. The van der Waals surface area contributed by atoms with Crippen LogP contribution in [0.25, 0.3) is 0 Å². The highest BCUT2D eigenvalue weighted by Crippen LogP contribution is 2.10. The van der Waals surface area contributed by atoms with E-state index in [1.165, 1.54) is 44.9 Å². The second-order valence-corrected chi connectivity index (χ2v) is 5.07. The van der Waals surface area contributed by atoms with Crippen molar-refractivity contribution in [2.75, 3.05) is 6.61 Å². The lowest BCUT2D eigenvalue weighted by atomic mass is 10.1. The lowest BCUT2D eigenvalue weighted by Crippen LogP contribution is -2.17. The second-order valence-electron chi connectivity index (χ2n) is 5.07. The summed E-state index contributed by atoms with van der Waals surface area (Å²) in [6.45, 7) is 2.41. The number of hydrogen-bond donors (Lipinski definition) is 1. The van der Waals surface area contributed by atoms with Gasteiger partial charge in [-0.2, -0.15) is 0 Å². The van der Waals surface area contributed by atoms with E-state index < -0.39 is 11.9 Å². The maximum atomic E-state index is 10.8. The van der Waals surface area contributed by atoms with Crippen LogP contribution >= 0.6 is 0 Å². The van der Waals surface area contributed by atoms with Crippen LogP contribution < -0.4 is 0 Å². The summed E-state index contributed by atoms with van der Waals surface area (Å²) in [6.07, 6.45) is 14.5. The minimum atomic E-state index is -0.959. The Hall–Kier alpha value is -1.32. The quantitative estimate of drug-likeness (QED) is 0.298. The third kappa shape index (κ3) is 11.8. The van der Waals surface area contributed by atoms with Gasteiger partial charge in [-0.15, -0.1) is 0 Å². The zero-order valence-electron chi connectivity index (χ0n) is 12.6. The van der Waals surface area contributed by atoms with E-state index in [0.717, 1.165) is 12.8 Å². The van der Waals surface area contributed by atoms with Crippen LogP contribution in [0.3, 0.4) is 0 Å². The Morgan fingerprint density at radius 1 is 1.10 bits per heavy atom. The molecule has 20 heavy (non-hydrogen) atoms. The van der Waals surface area contributed by atoms with Gasteiger partial charge in [0.2, 0.25) is 0 Å². The fraction of sp³-hybridized carbons (Fsp3) is 0.750. The Morgan fingerprint density at radius 3 is 2.25 bits per heavy atom. The van der Waals surface area contributed by atoms with Crippen molar-refractivity contribution in [2.45, 2.75) is 64.7 Å². The van der Waals surface area contributed by atoms with Crippen molar-refractivity contribution in [3.8, 4) is 0 Å². The molecule has 0 radical (unpaired) electrons. The van der Waals surface area contributed by atoms with Gasteiger partial charge < -0.3 is 9.84 Å². The van der Waals surface area contributed by atoms with Crippen molar-refractivity contribution < 1.29 is 19.4 Å². The molecule has 0 aliphatic carbocycles.